The summed E-state index contributed by atoms with van der Waals surface area (Å²) in [6, 6.07) is 0.233. The summed E-state index contributed by atoms with van der Waals surface area (Å²) in [5.41, 5.74) is 4.32. The van der Waals surface area contributed by atoms with E-state index in [2.05, 4.69) is 156 Å². The van der Waals surface area contributed by atoms with E-state index in [1.807, 2.05) is 6.08 Å². The van der Waals surface area contributed by atoms with Gasteiger partial charge in [0.15, 0.2) is 0 Å². The Labute approximate surface area is 284 Å². The third-order valence-corrected chi connectivity index (χ3v) is 9.83. The molecule has 250 valence electrons. The van der Waals surface area contributed by atoms with Gasteiger partial charge in [-0.1, -0.05) is 133 Å². The van der Waals surface area contributed by atoms with E-state index in [4.69, 9.17) is 0 Å². The third kappa shape index (κ3) is 12.9. The number of hydrogen-bond acceptors (Lipinski definition) is 1. The quantitative estimate of drug-likeness (QED) is 0.0861. The van der Waals surface area contributed by atoms with Crippen molar-refractivity contribution in [3.8, 4) is 0 Å². The van der Waals surface area contributed by atoms with Crippen molar-refractivity contribution in [2.24, 2.45) is 23.2 Å². The Morgan fingerprint density at radius 2 is 1.76 bits per heavy atom. The number of unbranched alkanes of at least 4 members (excludes halogenated alkanes) is 4. The maximum absolute atomic E-state index is 4.60. The van der Waals surface area contributed by atoms with Crippen LogP contribution in [0.3, 0.4) is 0 Å². The van der Waals surface area contributed by atoms with Crippen LogP contribution in [0.5, 0.6) is 0 Å². The highest BCUT2D eigenvalue weighted by Crippen LogP contribution is 2.48. The maximum Gasteiger partial charge on any atom is 0.0248 e. The maximum atomic E-state index is 4.60. The second kappa shape index (κ2) is 23.2. The molecule has 0 saturated carbocycles. The molecule has 0 aromatic heterocycles. The van der Waals surface area contributed by atoms with Crippen molar-refractivity contribution in [3.63, 3.8) is 0 Å². The van der Waals surface area contributed by atoms with E-state index in [0.29, 0.717) is 17.8 Å². The van der Waals surface area contributed by atoms with Crippen LogP contribution in [0.4, 0.5) is 0 Å². The average Bonchev–Trinajstić information content (AvgIpc) is 3.15. The molecule has 46 heavy (non-hydrogen) atoms. The zero-order chi connectivity index (χ0) is 33.5. The Kier molecular flexibility index (Phi) is 19.7. The Hall–Kier alpha value is -3.16. The topological polar surface area (TPSA) is 12.0 Å². The smallest absolute Gasteiger partial charge is 0.0248 e. The highest BCUT2D eigenvalue weighted by Gasteiger charge is 2.41. The number of rotatable bonds is 19. The standard InChI is InChI=1S/C45H65N/c1-8-13-16-19-20-21-23-29-38(6)43-34-28-35-46-39(7)45(12-5,37-44(43)41-31-25-22-26-32-41)42(33-27-18-15-10-3)36-40(11-4)30-24-17-14-9-2/h8-13,15-16,18-19,22,25,27-29,31,34,36,39-40,43-44,46H,2,4-5,14,17,20-21,23-24,26,30,32-33,35,37H2,1,3,6-7H3/b13-8-,15-10-,19-16-,27-18-,34-28-,38-29+,42-36+. The van der Waals surface area contributed by atoms with Crippen molar-refractivity contribution in [2.75, 3.05) is 6.54 Å². The van der Waals surface area contributed by atoms with E-state index in [9.17, 15) is 0 Å². The molecule has 5 unspecified atom stereocenters. The first-order valence-electron chi connectivity index (χ1n) is 18.0. The lowest BCUT2D eigenvalue weighted by molar-refractivity contribution is 0.252. The molecule has 1 N–H and O–H groups in total. The molecule has 1 heterocycles. The molecular weight excluding hydrogens is 555 g/mol. The van der Waals surface area contributed by atoms with Gasteiger partial charge in [0, 0.05) is 23.9 Å². The van der Waals surface area contributed by atoms with E-state index >= 15 is 0 Å². The van der Waals surface area contributed by atoms with Crippen molar-refractivity contribution in [2.45, 2.75) is 104 Å². The van der Waals surface area contributed by atoms with Gasteiger partial charge in [-0.05, 0) is 104 Å². The van der Waals surface area contributed by atoms with Crippen LogP contribution in [0, 0.1) is 23.2 Å². The Bertz CT molecular complexity index is 1190. The fourth-order valence-corrected chi connectivity index (χ4v) is 6.99. The first-order valence-corrected chi connectivity index (χ1v) is 18.0. The average molecular weight is 620 g/mol. The zero-order valence-electron chi connectivity index (χ0n) is 29.8. The van der Waals surface area contributed by atoms with E-state index in [0.717, 1.165) is 57.9 Å². The van der Waals surface area contributed by atoms with Crippen LogP contribution in [0.1, 0.15) is 98.3 Å². The molecule has 0 saturated heterocycles. The molecule has 0 amide bonds. The first kappa shape index (κ1) is 39.0. The predicted octanol–water partition coefficient (Wildman–Crippen LogP) is 12.9. The molecule has 0 radical (unpaired) electrons. The SMILES string of the molecule is C=CCCCCC(C=C)/C=C(\C/C=C\C=C/C)C1(C=C)CC(C2=CC=CCC2)C(/C(C)=C/CCC/C=C\C=C/C)/C=C\CNC1C. The van der Waals surface area contributed by atoms with Gasteiger partial charge in [-0.15, -0.1) is 19.7 Å². The van der Waals surface area contributed by atoms with Crippen LogP contribution < -0.4 is 5.32 Å². The Balaban J connectivity index is 2.61. The van der Waals surface area contributed by atoms with Gasteiger partial charge in [-0.25, -0.2) is 0 Å². The normalized spacial score (nSPS) is 26.3. The molecule has 2 aliphatic rings. The van der Waals surface area contributed by atoms with Gasteiger partial charge in [-0.2, -0.15) is 0 Å². The van der Waals surface area contributed by atoms with Gasteiger partial charge in [0.25, 0.3) is 0 Å². The summed E-state index contributed by atoms with van der Waals surface area (Å²) >= 11 is 0. The number of nitrogens with one attached hydrogen (secondary N) is 1. The van der Waals surface area contributed by atoms with E-state index in [1.54, 1.807) is 5.57 Å². The van der Waals surface area contributed by atoms with Crippen LogP contribution in [-0.2, 0) is 0 Å². The molecule has 1 heteroatoms. The summed E-state index contributed by atoms with van der Waals surface area (Å²) in [7, 11) is 0. The molecule has 0 aromatic rings. The summed E-state index contributed by atoms with van der Waals surface area (Å²) in [4.78, 5) is 0. The monoisotopic (exact) mass is 620 g/mol. The lowest BCUT2D eigenvalue weighted by Crippen LogP contribution is -2.45. The summed E-state index contributed by atoms with van der Waals surface area (Å²) in [5, 5.41) is 3.92. The van der Waals surface area contributed by atoms with Crippen LogP contribution in [0.25, 0.3) is 0 Å². The largest absolute Gasteiger partial charge is 0.310 e. The molecule has 0 aromatic carbocycles. The number of allylic oxidation sites excluding steroid dienone is 18. The second-order valence-electron chi connectivity index (χ2n) is 13.0. The molecule has 0 spiro atoms. The Morgan fingerprint density at radius 1 is 0.978 bits per heavy atom. The minimum atomic E-state index is -0.211. The van der Waals surface area contributed by atoms with E-state index in [1.165, 1.54) is 30.4 Å². The van der Waals surface area contributed by atoms with Crippen LogP contribution >= 0.6 is 0 Å². The molecule has 1 aliphatic carbocycles. The van der Waals surface area contributed by atoms with Crippen molar-refractivity contribution >= 4 is 0 Å². The highest BCUT2D eigenvalue weighted by molar-refractivity contribution is 5.34. The first-order chi connectivity index (χ1) is 22.5. The van der Waals surface area contributed by atoms with Gasteiger partial charge in [-0.3, -0.25) is 0 Å². The van der Waals surface area contributed by atoms with Crippen LogP contribution in [-0.4, -0.2) is 12.6 Å². The third-order valence-electron chi connectivity index (χ3n) is 9.83. The van der Waals surface area contributed by atoms with Crippen LogP contribution in [0.15, 0.2) is 146 Å². The van der Waals surface area contributed by atoms with Crippen LogP contribution in [0.2, 0.25) is 0 Å². The zero-order valence-corrected chi connectivity index (χ0v) is 29.8. The van der Waals surface area contributed by atoms with Crippen molar-refractivity contribution in [1.82, 2.24) is 5.32 Å². The lowest BCUT2D eigenvalue weighted by Gasteiger charge is -2.44. The molecular formula is C45H65N. The van der Waals surface area contributed by atoms with Crippen molar-refractivity contribution in [3.05, 3.63) is 146 Å². The van der Waals surface area contributed by atoms with Gasteiger partial charge in [0.05, 0.1) is 0 Å². The summed E-state index contributed by atoms with van der Waals surface area (Å²) in [5.74, 6) is 1.08. The van der Waals surface area contributed by atoms with Crippen molar-refractivity contribution < 1.29 is 0 Å². The van der Waals surface area contributed by atoms with Gasteiger partial charge in [0.2, 0.25) is 0 Å². The van der Waals surface area contributed by atoms with E-state index in [-0.39, 0.29) is 11.5 Å². The molecule has 2 rings (SSSR count). The summed E-state index contributed by atoms with van der Waals surface area (Å²) < 4.78 is 0. The fourth-order valence-electron chi connectivity index (χ4n) is 6.99. The molecule has 0 bridgehead atoms. The minimum absolute atomic E-state index is 0.211. The van der Waals surface area contributed by atoms with Crippen molar-refractivity contribution in [1.29, 1.82) is 0 Å². The minimum Gasteiger partial charge on any atom is -0.310 e. The lowest BCUT2D eigenvalue weighted by atomic mass is 9.62. The van der Waals surface area contributed by atoms with Gasteiger partial charge >= 0.3 is 0 Å². The molecule has 5 atom stereocenters. The summed E-state index contributed by atoms with van der Waals surface area (Å²) in [6.07, 6.45) is 53.0. The highest BCUT2D eigenvalue weighted by atomic mass is 14.9. The van der Waals surface area contributed by atoms with Gasteiger partial charge < -0.3 is 5.32 Å². The number of hydrogen-bond donors (Lipinski definition) is 1. The summed E-state index contributed by atoms with van der Waals surface area (Å²) in [6.45, 7) is 22.6. The van der Waals surface area contributed by atoms with E-state index < -0.39 is 0 Å². The predicted molar refractivity (Wildman–Crippen MR) is 208 cm³/mol. The fraction of sp³-hybridized carbons (Fsp3) is 0.467. The molecule has 1 nitrogen and oxygen atoms in total. The second-order valence-corrected chi connectivity index (χ2v) is 13.0. The molecule has 1 aliphatic heterocycles. The Morgan fingerprint density at radius 3 is 2.43 bits per heavy atom. The molecule has 0 fully saturated rings. The van der Waals surface area contributed by atoms with Gasteiger partial charge in [0.1, 0.15) is 0 Å².